The molecule has 0 saturated carbocycles. The summed E-state index contributed by atoms with van der Waals surface area (Å²) in [6, 6.07) is 2.12. The number of amides is 3. The Hall–Kier alpha value is -3.27. The van der Waals surface area contributed by atoms with Crippen LogP contribution in [0.25, 0.3) is 0 Å². The number of hydrogen-bond acceptors (Lipinski definition) is 8. The van der Waals surface area contributed by atoms with E-state index in [0.29, 0.717) is 0 Å². The van der Waals surface area contributed by atoms with Crippen molar-refractivity contribution in [2.75, 3.05) is 13.1 Å². The van der Waals surface area contributed by atoms with E-state index in [9.17, 15) is 32.7 Å². The summed E-state index contributed by atoms with van der Waals surface area (Å²) in [6.45, 7) is 1.41. The van der Waals surface area contributed by atoms with Crippen LogP contribution in [0.15, 0.2) is 24.3 Å². The fourth-order valence-corrected chi connectivity index (χ4v) is 6.09. The normalized spacial score (nSPS) is 34.8. The van der Waals surface area contributed by atoms with Crippen LogP contribution in [0.3, 0.4) is 0 Å². The molecule has 15 heteroatoms. The minimum atomic E-state index is -4.55. The second kappa shape index (κ2) is 8.90. The molecular weight excluding hydrogens is 509 g/mol. The van der Waals surface area contributed by atoms with Crippen molar-refractivity contribution in [2.45, 2.75) is 68.0 Å². The zero-order valence-electron chi connectivity index (χ0n) is 20.4. The first-order valence-electron chi connectivity index (χ1n) is 12.2. The van der Waals surface area contributed by atoms with Gasteiger partial charge in [0.2, 0.25) is 17.7 Å². The van der Waals surface area contributed by atoms with E-state index in [2.05, 4.69) is 21.3 Å². The molecule has 4 heterocycles. The van der Waals surface area contributed by atoms with Crippen LogP contribution in [0.5, 0.6) is 0 Å². The van der Waals surface area contributed by atoms with Gasteiger partial charge in [-0.1, -0.05) is 18.2 Å². The first-order chi connectivity index (χ1) is 17.7. The van der Waals surface area contributed by atoms with E-state index in [0.717, 1.165) is 17.0 Å². The van der Waals surface area contributed by atoms with Crippen molar-refractivity contribution in [3.05, 3.63) is 35.4 Å². The summed E-state index contributed by atoms with van der Waals surface area (Å²) in [6.07, 6.45) is -5.52. The lowest BCUT2D eigenvalue weighted by Gasteiger charge is -2.53. The third-order valence-corrected chi connectivity index (χ3v) is 7.91. The van der Waals surface area contributed by atoms with Crippen LogP contribution >= 0.6 is 0 Å². The number of nitrogens with two attached hydrogens (primary N) is 1. The fourth-order valence-electron chi connectivity index (χ4n) is 6.09. The Morgan fingerprint density at radius 3 is 2.63 bits per heavy atom. The van der Waals surface area contributed by atoms with Crippen LogP contribution in [0.4, 0.5) is 13.2 Å². The molecule has 206 valence electrons. The molecule has 5 rings (SSSR count). The summed E-state index contributed by atoms with van der Waals surface area (Å²) in [7, 11) is 0. The third-order valence-electron chi connectivity index (χ3n) is 7.91. The number of carbonyl (C=O) groups is 3. The first kappa shape index (κ1) is 26.3. The standard InChI is InChI=1S/C23H29F3N8O4/c1-21(38)14(30-15(35)8-11-3-2-4-12(7-11)23(24,25)26)10-34-20(28)29-13(9-33-16(36)5-6-17(33)37)18-22(21,34)32-19(27)31-18/h2-4,7,13-14,18-19,31-32,38H,5-6,8-10,27H2,1H3,(H2,28,29)(H,30,35)/t13-,14?,18?,19?,21-,22?/m0/s1. The van der Waals surface area contributed by atoms with Crippen molar-refractivity contribution in [1.82, 2.24) is 31.1 Å². The summed E-state index contributed by atoms with van der Waals surface area (Å²) in [4.78, 5) is 40.0. The Bertz CT molecular complexity index is 1180. The molecule has 0 aliphatic carbocycles. The fraction of sp³-hybridized carbons (Fsp3) is 0.565. The third kappa shape index (κ3) is 4.09. The van der Waals surface area contributed by atoms with Gasteiger partial charge >= 0.3 is 6.18 Å². The summed E-state index contributed by atoms with van der Waals surface area (Å²) >= 11 is 0. The lowest BCUT2D eigenvalue weighted by Crippen LogP contribution is -2.81. The molecule has 4 saturated heterocycles. The van der Waals surface area contributed by atoms with Crippen molar-refractivity contribution < 1.29 is 32.7 Å². The highest BCUT2D eigenvalue weighted by atomic mass is 19.4. The molecule has 0 radical (unpaired) electrons. The molecule has 3 amide bonds. The van der Waals surface area contributed by atoms with Crippen LogP contribution in [-0.4, -0.2) is 87.4 Å². The molecule has 1 aromatic rings. The topological polar surface area (TPSA) is 176 Å². The predicted molar refractivity (Wildman–Crippen MR) is 126 cm³/mol. The minimum absolute atomic E-state index is 0.0145. The highest BCUT2D eigenvalue weighted by Crippen LogP contribution is 2.44. The van der Waals surface area contributed by atoms with E-state index in [4.69, 9.17) is 11.1 Å². The number of aliphatic hydroxyl groups is 1. The van der Waals surface area contributed by atoms with E-state index < -0.39 is 53.3 Å². The van der Waals surface area contributed by atoms with Gasteiger partial charge in [-0.3, -0.25) is 35.3 Å². The van der Waals surface area contributed by atoms with Gasteiger partial charge in [0.1, 0.15) is 17.6 Å². The molecule has 38 heavy (non-hydrogen) atoms. The maximum Gasteiger partial charge on any atom is 0.416 e. The number of rotatable bonds is 5. The predicted octanol–water partition coefficient (Wildman–Crippen LogP) is -1.65. The molecule has 4 unspecified atom stereocenters. The number of alkyl halides is 3. The summed E-state index contributed by atoms with van der Waals surface area (Å²) in [5.74, 6) is -1.37. The van der Waals surface area contributed by atoms with Gasteiger partial charge in [0.05, 0.1) is 36.7 Å². The van der Waals surface area contributed by atoms with Gasteiger partial charge in [-0.2, -0.15) is 13.2 Å². The van der Waals surface area contributed by atoms with E-state index in [1.807, 2.05) is 0 Å². The minimum Gasteiger partial charge on any atom is -0.384 e. The molecule has 0 bridgehead atoms. The average molecular weight is 539 g/mol. The van der Waals surface area contributed by atoms with Crippen LogP contribution < -0.4 is 27.0 Å². The van der Waals surface area contributed by atoms with E-state index in [-0.39, 0.29) is 55.7 Å². The molecule has 1 spiro atoms. The zero-order valence-corrected chi connectivity index (χ0v) is 20.4. The van der Waals surface area contributed by atoms with Gasteiger partial charge in [0.25, 0.3) is 0 Å². The van der Waals surface area contributed by atoms with Gasteiger partial charge in [0, 0.05) is 19.4 Å². The Morgan fingerprint density at radius 1 is 1.29 bits per heavy atom. The number of nitrogens with one attached hydrogen (secondary N) is 5. The Labute approximate surface area is 215 Å². The maximum atomic E-state index is 13.1. The van der Waals surface area contributed by atoms with Crippen molar-refractivity contribution in [1.29, 1.82) is 5.41 Å². The maximum absolute atomic E-state index is 13.1. The molecule has 4 aliphatic rings. The van der Waals surface area contributed by atoms with Gasteiger partial charge in [-0.05, 0) is 18.6 Å². The van der Waals surface area contributed by atoms with Crippen molar-refractivity contribution in [2.24, 2.45) is 5.73 Å². The quantitative estimate of drug-likeness (QED) is 0.217. The second-order valence-corrected chi connectivity index (χ2v) is 10.3. The largest absolute Gasteiger partial charge is 0.416 e. The molecule has 1 aromatic carbocycles. The molecule has 8 N–H and O–H groups in total. The lowest BCUT2D eigenvalue weighted by atomic mass is 9.78. The SMILES string of the molecule is C[C@]1(O)C(NC(=O)Cc2cccc(C(F)(F)F)c2)CN2C(=N)N[C@@H](CN3C(=O)CCC3=O)C3NC(N)NC321. The molecule has 6 atom stereocenters. The smallest absolute Gasteiger partial charge is 0.384 e. The van der Waals surface area contributed by atoms with Gasteiger partial charge in [0.15, 0.2) is 5.96 Å². The van der Waals surface area contributed by atoms with Crippen LogP contribution in [0.2, 0.25) is 0 Å². The van der Waals surface area contributed by atoms with E-state index >= 15 is 0 Å². The molecule has 12 nitrogen and oxygen atoms in total. The number of nitrogens with zero attached hydrogens (tertiary/aromatic N) is 2. The second-order valence-electron chi connectivity index (χ2n) is 10.3. The van der Waals surface area contributed by atoms with E-state index in [1.54, 1.807) is 0 Å². The Morgan fingerprint density at radius 2 is 1.97 bits per heavy atom. The molecule has 4 fully saturated rings. The number of hydrogen-bond donors (Lipinski definition) is 7. The Balaban J connectivity index is 1.38. The lowest BCUT2D eigenvalue weighted by molar-refractivity contribution is -0.140. The molecular formula is C23H29F3N8O4. The molecule has 4 aliphatic heterocycles. The van der Waals surface area contributed by atoms with Gasteiger partial charge in [-0.25, -0.2) is 0 Å². The number of imide groups is 1. The van der Waals surface area contributed by atoms with Gasteiger partial charge < -0.3 is 26.4 Å². The number of halogens is 3. The number of likely N-dealkylation sites (tertiary alicyclic amines) is 1. The van der Waals surface area contributed by atoms with Crippen molar-refractivity contribution in [3.63, 3.8) is 0 Å². The van der Waals surface area contributed by atoms with Gasteiger partial charge in [-0.15, -0.1) is 0 Å². The van der Waals surface area contributed by atoms with Crippen LogP contribution in [0, 0.1) is 5.41 Å². The zero-order chi connectivity index (χ0) is 27.6. The van der Waals surface area contributed by atoms with Crippen molar-refractivity contribution in [3.8, 4) is 0 Å². The highest BCUT2D eigenvalue weighted by Gasteiger charge is 2.72. The van der Waals surface area contributed by atoms with Crippen LogP contribution in [-0.2, 0) is 27.0 Å². The summed E-state index contributed by atoms with van der Waals surface area (Å²) in [5, 5.41) is 32.4. The number of carbonyl (C=O) groups excluding carboxylic acids is 3. The average Bonchev–Trinajstić information content (AvgIpc) is 3.41. The number of guanidine groups is 1. The van der Waals surface area contributed by atoms with Crippen LogP contribution in [0.1, 0.15) is 30.9 Å². The summed E-state index contributed by atoms with van der Waals surface area (Å²) in [5.41, 5.74) is 2.29. The summed E-state index contributed by atoms with van der Waals surface area (Å²) < 4.78 is 39.2. The van der Waals surface area contributed by atoms with E-state index in [1.165, 1.54) is 24.0 Å². The monoisotopic (exact) mass is 538 g/mol. The van der Waals surface area contributed by atoms with Crippen molar-refractivity contribution >= 4 is 23.7 Å². The molecule has 0 aromatic heterocycles. The number of benzene rings is 1. The Kier molecular flexibility index (Phi) is 6.17. The highest BCUT2D eigenvalue weighted by molar-refractivity contribution is 6.02. The first-order valence-corrected chi connectivity index (χ1v) is 12.2.